The summed E-state index contributed by atoms with van der Waals surface area (Å²) >= 11 is 0. The zero-order chi connectivity index (χ0) is 22.9. The van der Waals surface area contributed by atoms with E-state index < -0.39 is 17.5 Å². The van der Waals surface area contributed by atoms with Gasteiger partial charge < -0.3 is 14.6 Å². The van der Waals surface area contributed by atoms with E-state index in [4.69, 9.17) is 0 Å². The molecule has 0 spiro atoms. The van der Waals surface area contributed by atoms with Crippen LogP contribution in [0, 0.1) is 11.6 Å². The van der Waals surface area contributed by atoms with Crippen LogP contribution in [-0.2, 0) is 6.54 Å². The number of carbonyl (C=O) groups is 2. The molecule has 5 rings (SSSR count). The van der Waals surface area contributed by atoms with Crippen LogP contribution in [0.25, 0.3) is 5.65 Å². The Balaban J connectivity index is 1.16. The highest BCUT2D eigenvalue weighted by Gasteiger charge is 2.33. The molecule has 2 aromatic heterocycles. The molecule has 1 fully saturated rings. The Morgan fingerprint density at radius 1 is 1.00 bits per heavy atom. The predicted molar refractivity (Wildman–Crippen MR) is 118 cm³/mol. The van der Waals surface area contributed by atoms with Crippen molar-refractivity contribution in [1.29, 1.82) is 0 Å². The predicted octanol–water partition coefficient (Wildman–Crippen LogP) is 3.78. The van der Waals surface area contributed by atoms with Gasteiger partial charge in [-0.05, 0) is 47.5 Å². The molecule has 2 aromatic carbocycles. The van der Waals surface area contributed by atoms with Crippen LogP contribution in [0.1, 0.15) is 37.8 Å². The molecule has 0 radical (unpaired) electrons. The van der Waals surface area contributed by atoms with Crippen LogP contribution in [0.15, 0.2) is 73.2 Å². The summed E-state index contributed by atoms with van der Waals surface area (Å²) < 4.78 is 28.8. The van der Waals surface area contributed by atoms with Gasteiger partial charge in [0.25, 0.3) is 11.8 Å². The zero-order valence-electron chi connectivity index (χ0n) is 17.5. The van der Waals surface area contributed by atoms with E-state index in [1.165, 1.54) is 11.0 Å². The highest BCUT2D eigenvalue weighted by Crippen LogP contribution is 2.29. The first-order valence-corrected chi connectivity index (χ1v) is 10.5. The number of nitrogens with one attached hydrogen (secondary N) is 1. The van der Waals surface area contributed by atoms with Crippen molar-refractivity contribution in [2.24, 2.45) is 0 Å². The smallest absolute Gasteiger partial charge is 0.256 e. The molecular weight excluding hydrogens is 426 g/mol. The zero-order valence-corrected chi connectivity index (χ0v) is 17.5. The molecule has 3 heterocycles. The van der Waals surface area contributed by atoms with Crippen molar-refractivity contribution >= 4 is 17.5 Å². The van der Waals surface area contributed by atoms with Crippen molar-refractivity contribution in [1.82, 2.24) is 19.6 Å². The molecule has 2 amide bonds. The van der Waals surface area contributed by atoms with E-state index >= 15 is 0 Å². The van der Waals surface area contributed by atoms with E-state index in [2.05, 4.69) is 10.3 Å². The van der Waals surface area contributed by atoms with Crippen molar-refractivity contribution in [2.45, 2.75) is 12.5 Å². The lowest BCUT2D eigenvalue weighted by Gasteiger charge is -2.39. The molecule has 1 aliphatic heterocycles. The van der Waals surface area contributed by atoms with Gasteiger partial charge in [-0.1, -0.05) is 12.1 Å². The van der Waals surface area contributed by atoms with Crippen molar-refractivity contribution in [3.8, 4) is 0 Å². The van der Waals surface area contributed by atoms with Gasteiger partial charge in [-0.2, -0.15) is 0 Å². The maximum absolute atomic E-state index is 13.9. The maximum Gasteiger partial charge on any atom is 0.256 e. The van der Waals surface area contributed by atoms with Gasteiger partial charge >= 0.3 is 0 Å². The number of amides is 2. The fourth-order valence-corrected chi connectivity index (χ4v) is 3.94. The SMILES string of the molecule is O=C(NCc1ccn2ccnc2c1)c1ccc(C2CN(C(=O)c3ccc(F)cc3F)C2)cc1. The highest BCUT2D eigenvalue weighted by molar-refractivity contribution is 5.95. The average Bonchev–Trinajstić information content (AvgIpc) is 3.25. The molecule has 0 atom stereocenters. The van der Waals surface area contributed by atoms with Gasteiger partial charge in [-0.25, -0.2) is 13.8 Å². The summed E-state index contributed by atoms with van der Waals surface area (Å²) in [6, 6.07) is 14.1. The largest absolute Gasteiger partial charge is 0.348 e. The first-order valence-electron chi connectivity index (χ1n) is 10.5. The van der Waals surface area contributed by atoms with Crippen LogP contribution in [-0.4, -0.2) is 39.2 Å². The minimum Gasteiger partial charge on any atom is -0.348 e. The molecule has 0 bridgehead atoms. The molecule has 0 aliphatic carbocycles. The average molecular weight is 446 g/mol. The number of hydrogen-bond acceptors (Lipinski definition) is 3. The van der Waals surface area contributed by atoms with Crippen molar-refractivity contribution < 1.29 is 18.4 Å². The quantitative estimate of drug-likeness (QED) is 0.507. The number of benzene rings is 2. The molecule has 1 aliphatic rings. The van der Waals surface area contributed by atoms with E-state index in [1.807, 2.05) is 41.1 Å². The maximum atomic E-state index is 13.9. The molecule has 4 aromatic rings. The molecule has 6 nitrogen and oxygen atoms in total. The topological polar surface area (TPSA) is 66.7 Å². The summed E-state index contributed by atoms with van der Waals surface area (Å²) in [6.45, 7) is 1.28. The number of hydrogen-bond donors (Lipinski definition) is 1. The third-order valence-corrected chi connectivity index (χ3v) is 5.89. The van der Waals surface area contributed by atoms with Gasteiger partial charge in [0.2, 0.25) is 0 Å². The Morgan fingerprint density at radius 2 is 1.79 bits per heavy atom. The van der Waals surface area contributed by atoms with Crippen molar-refractivity contribution in [3.63, 3.8) is 0 Å². The minimum atomic E-state index is -0.858. The number of imidazole rings is 1. The second kappa shape index (κ2) is 8.46. The molecule has 1 saturated heterocycles. The number of rotatable bonds is 5. The summed E-state index contributed by atoms with van der Waals surface area (Å²) in [5.74, 6) is -2.09. The Morgan fingerprint density at radius 3 is 2.55 bits per heavy atom. The summed E-state index contributed by atoms with van der Waals surface area (Å²) in [6.07, 6.45) is 5.48. The molecule has 0 unspecified atom stereocenters. The van der Waals surface area contributed by atoms with Crippen LogP contribution in [0.5, 0.6) is 0 Å². The van der Waals surface area contributed by atoms with Gasteiger partial charge in [-0.15, -0.1) is 0 Å². The Bertz CT molecular complexity index is 1340. The minimum absolute atomic E-state index is 0.107. The molecule has 166 valence electrons. The van der Waals surface area contributed by atoms with E-state index in [1.54, 1.807) is 18.3 Å². The van der Waals surface area contributed by atoms with Gasteiger partial charge in [0.1, 0.15) is 17.3 Å². The van der Waals surface area contributed by atoms with E-state index in [-0.39, 0.29) is 17.4 Å². The Kier molecular flexibility index (Phi) is 5.34. The molecule has 0 saturated carbocycles. The van der Waals surface area contributed by atoms with Gasteiger partial charge in [0, 0.05) is 55.8 Å². The highest BCUT2D eigenvalue weighted by atomic mass is 19.1. The number of likely N-dealkylation sites (tertiary alicyclic amines) is 1. The summed E-state index contributed by atoms with van der Waals surface area (Å²) in [5.41, 5.74) is 3.19. The normalized spacial score (nSPS) is 13.7. The number of nitrogens with zero attached hydrogens (tertiary/aromatic N) is 3. The second-order valence-electron chi connectivity index (χ2n) is 8.06. The van der Waals surface area contributed by atoms with Crippen LogP contribution < -0.4 is 5.32 Å². The van der Waals surface area contributed by atoms with Crippen LogP contribution in [0.3, 0.4) is 0 Å². The lowest BCUT2D eigenvalue weighted by Crippen LogP contribution is -2.48. The molecular formula is C25H20F2N4O2. The second-order valence-corrected chi connectivity index (χ2v) is 8.06. The lowest BCUT2D eigenvalue weighted by atomic mass is 9.90. The summed E-state index contributed by atoms with van der Waals surface area (Å²) in [7, 11) is 0. The van der Waals surface area contributed by atoms with Crippen LogP contribution in [0.4, 0.5) is 8.78 Å². The van der Waals surface area contributed by atoms with Crippen molar-refractivity contribution in [3.05, 3.63) is 107 Å². The Labute approximate surface area is 188 Å². The summed E-state index contributed by atoms with van der Waals surface area (Å²) in [5, 5.41) is 2.91. The van der Waals surface area contributed by atoms with Gasteiger partial charge in [0.05, 0.1) is 5.56 Å². The molecule has 8 heteroatoms. The number of pyridine rings is 1. The third-order valence-electron chi connectivity index (χ3n) is 5.89. The van der Waals surface area contributed by atoms with Crippen LogP contribution in [0.2, 0.25) is 0 Å². The Hall–Kier alpha value is -4.07. The van der Waals surface area contributed by atoms with E-state index in [0.717, 1.165) is 22.8 Å². The molecule has 33 heavy (non-hydrogen) atoms. The first kappa shape index (κ1) is 20.8. The number of aromatic nitrogens is 2. The van der Waals surface area contributed by atoms with E-state index in [9.17, 15) is 18.4 Å². The van der Waals surface area contributed by atoms with Gasteiger partial charge in [-0.3, -0.25) is 9.59 Å². The van der Waals surface area contributed by atoms with E-state index in [0.29, 0.717) is 31.3 Å². The third kappa shape index (κ3) is 4.19. The monoisotopic (exact) mass is 446 g/mol. The number of fused-ring (bicyclic) bond motifs is 1. The first-order chi connectivity index (χ1) is 16.0. The van der Waals surface area contributed by atoms with Crippen molar-refractivity contribution in [2.75, 3.05) is 13.1 Å². The van der Waals surface area contributed by atoms with Crippen LogP contribution >= 0.6 is 0 Å². The fraction of sp³-hybridized carbons (Fsp3) is 0.160. The number of carbonyl (C=O) groups excluding carboxylic acids is 2. The fourth-order valence-electron chi connectivity index (χ4n) is 3.94. The summed E-state index contributed by atoms with van der Waals surface area (Å²) in [4.78, 5) is 30.7. The number of halogens is 2. The lowest BCUT2D eigenvalue weighted by molar-refractivity contribution is 0.0597. The van der Waals surface area contributed by atoms with Gasteiger partial charge in [0.15, 0.2) is 0 Å². The molecule has 1 N–H and O–H groups in total. The standard InChI is InChI=1S/C25H20F2N4O2/c26-20-5-6-21(22(27)12-20)25(33)31-14-19(15-31)17-1-3-18(4-2-17)24(32)29-13-16-7-9-30-10-8-28-23(30)11-16/h1-12,19H,13-15H2,(H,29,32).